The second kappa shape index (κ2) is 5.53. The van der Waals surface area contributed by atoms with Crippen molar-refractivity contribution in [2.45, 2.75) is 39.2 Å². The van der Waals surface area contributed by atoms with Gasteiger partial charge in [0, 0.05) is 17.8 Å². The minimum atomic E-state index is 0.321. The van der Waals surface area contributed by atoms with Crippen LogP contribution in [0.1, 0.15) is 33.1 Å². The largest absolute Gasteiger partial charge is 0.508 e. The lowest BCUT2D eigenvalue weighted by atomic mass is 10.1. The Balaban J connectivity index is 2.57. The van der Waals surface area contributed by atoms with E-state index in [-0.39, 0.29) is 0 Å². The van der Waals surface area contributed by atoms with Crippen LogP contribution in [-0.2, 0) is 0 Å². The molecule has 0 bridgehead atoms. The van der Waals surface area contributed by atoms with Gasteiger partial charge in [-0.1, -0.05) is 26.3 Å². The molecule has 1 unspecified atom stereocenters. The number of rotatable bonds is 5. The SMILES string of the molecule is CCCC(CC)Nc1cccc(O)c1. The van der Waals surface area contributed by atoms with Crippen LogP contribution in [0.15, 0.2) is 24.3 Å². The number of hydrogen-bond acceptors (Lipinski definition) is 2. The maximum atomic E-state index is 9.29. The molecule has 14 heavy (non-hydrogen) atoms. The highest BCUT2D eigenvalue weighted by atomic mass is 16.3. The van der Waals surface area contributed by atoms with Crippen molar-refractivity contribution in [3.8, 4) is 5.75 Å². The molecular weight excluding hydrogens is 174 g/mol. The van der Waals surface area contributed by atoms with Crippen LogP contribution in [0.25, 0.3) is 0 Å². The van der Waals surface area contributed by atoms with Gasteiger partial charge in [-0.15, -0.1) is 0 Å². The highest BCUT2D eigenvalue weighted by Gasteiger charge is 2.04. The highest BCUT2D eigenvalue weighted by molar-refractivity contribution is 5.48. The van der Waals surface area contributed by atoms with Crippen molar-refractivity contribution in [1.29, 1.82) is 0 Å². The lowest BCUT2D eigenvalue weighted by molar-refractivity contribution is 0.475. The summed E-state index contributed by atoms with van der Waals surface area (Å²) in [7, 11) is 0. The molecule has 0 saturated carbocycles. The van der Waals surface area contributed by atoms with Crippen LogP contribution in [0.5, 0.6) is 5.75 Å². The van der Waals surface area contributed by atoms with E-state index in [0.717, 1.165) is 12.1 Å². The first kappa shape index (κ1) is 10.9. The molecule has 0 heterocycles. The van der Waals surface area contributed by atoms with E-state index in [1.165, 1.54) is 12.8 Å². The molecule has 0 radical (unpaired) electrons. The van der Waals surface area contributed by atoms with Gasteiger partial charge in [0.25, 0.3) is 0 Å². The second-order valence-electron chi connectivity index (χ2n) is 3.59. The minimum Gasteiger partial charge on any atom is -0.508 e. The van der Waals surface area contributed by atoms with Crippen LogP contribution < -0.4 is 5.32 Å². The third kappa shape index (κ3) is 3.29. The molecule has 2 heteroatoms. The average Bonchev–Trinajstić information content (AvgIpc) is 2.17. The number of hydrogen-bond donors (Lipinski definition) is 2. The fraction of sp³-hybridized carbons (Fsp3) is 0.500. The fourth-order valence-electron chi connectivity index (χ4n) is 1.56. The first-order valence-electron chi connectivity index (χ1n) is 5.31. The van der Waals surface area contributed by atoms with E-state index in [1.54, 1.807) is 12.1 Å². The van der Waals surface area contributed by atoms with Crippen molar-refractivity contribution in [3.05, 3.63) is 24.3 Å². The monoisotopic (exact) mass is 193 g/mol. The number of benzene rings is 1. The summed E-state index contributed by atoms with van der Waals surface area (Å²) >= 11 is 0. The van der Waals surface area contributed by atoms with E-state index >= 15 is 0 Å². The molecule has 0 aliphatic rings. The van der Waals surface area contributed by atoms with Gasteiger partial charge in [-0.2, -0.15) is 0 Å². The Bertz CT molecular complexity index is 273. The van der Waals surface area contributed by atoms with E-state index in [1.807, 2.05) is 12.1 Å². The van der Waals surface area contributed by atoms with Crippen LogP contribution in [-0.4, -0.2) is 11.1 Å². The Kier molecular flexibility index (Phi) is 4.30. The molecule has 2 nitrogen and oxygen atoms in total. The van der Waals surface area contributed by atoms with Crippen LogP contribution in [0.3, 0.4) is 0 Å². The van der Waals surface area contributed by atoms with Gasteiger partial charge in [-0.25, -0.2) is 0 Å². The third-order valence-corrected chi connectivity index (χ3v) is 2.35. The molecule has 0 aliphatic heterocycles. The van der Waals surface area contributed by atoms with Gasteiger partial charge < -0.3 is 10.4 Å². The van der Waals surface area contributed by atoms with Crippen LogP contribution in [0.4, 0.5) is 5.69 Å². The second-order valence-corrected chi connectivity index (χ2v) is 3.59. The van der Waals surface area contributed by atoms with Crippen molar-refractivity contribution in [2.75, 3.05) is 5.32 Å². The minimum absolute atomic E-state index is 0.321. The van der Waals surface area contributed by atoms with E-state index in [2.05, 4.69) is 19.2 Å². The van der Waals surface area contributed by atoms with Crippen molar-refractivity contribution >= 4 is 5.69 Å². The topological polar surface area (TPSA) is 32.3 Å². The maximum Gasteiger partial charge on any atom is 0.117 e. The molecule has 0 saturated heterocycles. The highest BCUT2D eigenvalue weighted by Crippen LogP contribution is 2.18. The molecule has 1 atom stereocenters. The molecule has 0 aliphatic carbocycles. The summed E-state index contributed by atoms with van der Waals surface area (Å²) in [5.74, 6) is 0.321. The number of aromatic hydroxyl groups is 1. The molecule has 0 fully saturated rings. The first-order valence-corrected chi connectivity index (χ1v) is 5.31. The van der Waals surface area contributed by atoms with Gasteiger partial charge in [-0.05, 0) is 25.0 Å². The first-order chi connectivity index (χ1) is 6.76. The third-order valence-electron chi connectivity index (χ3n) is 2.35. The van der Waals surface area contributed by atoms with Crippen molar-refractivity contribution in [2.24, 2.45) is 0 Å². The molecule has 1 rings (SSSR count). The predicted octanol–water partition coefficient (Wildman–Crippen LogP) is 3.38. The van der Waals surface area contributed by atoms with Gasteiger partial charge >= 0.3 is 0 Å². The molecule has 78 valence electrons. The molecule has 1 aromatic rings. The molecule has 0 spiro atoms. The van der Waals surface area contributed by atoms with Gasteiger partial charge in [0.1, 0.15) is 5.75 Å². The fourth-order valence-corrected chi connectivity index (χ4v) is 1.56. The average molecular weight is 193 g/mol. The summed E-state index contributed by atoms with van der Waals surface area (Å²) in [6.07, 6.45) is 3.47. The van der Waals surface area contributed by atoms with Crippen LogP contribution >= 0.6 is 0 Å². The van der Waals surface area contributed by atoms with Gasteiger partial charge in [-0.3, -0.25) is 0 Å². The summed E-state index contributed by atoms with van der Waals surface area (Å²) in [4.78, 5) is 0. The number of phenolic OH excluding ortho intramolecular Hbond substituents is 1. The van der Waals surface area contributed by atoms with Crippen LogP contribution in [0.2, 0.25) is 0 Å². The van der Waals surface area contributed by atoms with E-state index < -0.39 is 0 Å². The number of anilines is 1. The van der Waals surface area contributed by atoms with E-state index in [0.29, 0.717) is 11.8 Å². The Morgan fingerprint density at radius 1 is 1.36 bits per heavy atom. The molecule has 1 aromatic carbocycles. The zero-order valence-corrected chi connectivity index (χ0v) is 8.96. The Morgan fingerprint density at radius 2 is 2.14 bits per heavy atom. The Hall–Kier alpha value is -1.18. The van der Waals surface area contributed by atoms with Gasteiger partial charge in [0.05, 0.1) is 0 Å². The Morgan fingerprint density at radius 3 is 2.71 bits per heavy atom. The molecule has 2 N–H and O–H groups in total. The van der Waals surface area contributed by atoms with Crippen molar-refractivity contribution < 1.29 is 5.11 Å². The maximum absolute atomic E-state index is 9.29. The Labute approximate surface area is 86.0 Å². The zero-order chi connectivity index (χ0) is 10.4. The number of nitrogens with one attached hydrogen (secondary N) is 1. The quantitative estimate of drug-likeness (QED) is 0.751. The summed E-state index contributed by atoms with van der Waals surface area (Å²) in [6.45, 7) is 4.36. The molecule has 0 aromatic heterocycles. The molecule has 0 amide bonds. The zero-order valence-electron chi connectivity index (χ0n) is 8.96. The van der Waals surface area contributed by atoms with Gasteiger partial charge in [0.2, 0.25) is 0 Å². The van der Waals surface area contributed by atoms with Crippen LogP contribution in [0, 0.1) is 0 Å². The standard InChI is InChI=1S/C12H19NO/c1-3-6-10(4-2)13-11-7-5-8-12(14)9-11/h5,7-10,13-14H,3-4,6H2,1-2H3. The molecular formula is C12H19NO. The lowest BCUT2D eigenvalue weighted by Crippen LogP contribution is -2.17. The smallest absolute Gasteiger partial charge is 0.117 e. The normalized spacial score (nSPS) is 12.4. The van der Waals surface area contributed by atoms with Crippen molar-refractivity contribution in [1.82, 2.24) is 0 Å². The van der Waals surface area contributed by atoms with E-state index in [4.69, 9.17) is 0 Å². The summed E-state index contributed by atoms with van der Waals surface area (Å²) in [6, 6.07) is 7.81. The van der Waals surface area contributed by atoms with E-state index in [9.17, 15) is 5.11 Å². The number of phenols is 1. The summed E-state index contributed by atoms with van der Waals surface area (Å²) in [5.41, 5.74) is 1.00. The summed E-state index contributed by atoms with van der Waals surface area (Å²) < 4.78 is 0. The van der Waals surface area contributed by atoms with Gasteiger partial charge in [0.15, 0.2) is 0 Å². The van der Waals surface area contributed by atoms with Crippen molar-refractivity contribution in [3.63, 3.8) is 0 Å². The lowest BCUT2D eigenvalue weighted by Gasteiger charge is -2.17. The predicted molar refractivity (Wildman–Crippen MR) is 60.7 cm³/mol. The summed E-state index contributed by atoms with van der Waals surface area (Å²) in [5, 5.41) is 12.7.